The van der Waals surface area contributed by atoms with Crippen molar-refractivity contribution >= 4 is 0 Å². The zero-order valence-corrected chi connectivity index (χ0v) is 8.55. The smallest absolute Gasteiger partial charge is 0.134 e. The standard InChI is InChI=1S/C12H14FNO/c13-11-8-3-6-15-10(8)2-1-9(11)12(7-14)4-5-12/h1-2H,3-7,14H2. The van der Waals surface area contributed by atoms with Crippen LogP contribution in [-0.2, 0) is 11.8 Å². The first-order valence-corrected chi connectivity index (χ1v) is 5.41. The average molecular weight is 207 g/mol. The molecule has 1 heterocycles. The molecule has 2 aliphatic rings. The van der Waals surface area contributed by atoms with Crippen molar-refractivity contribution in [3.8, 4) is 5.75 Å². The SMILES string of the molecule is NCC1(c2ccc3c(c2F)CCO3)CC1. The first-order chi connectivity index (χ1) is 7.27. The molecular weight excluding hydrogens is 193 g/mol. The van der Waals surface area contributed by atoms with Crippen molar-refractivity contribution in [2.45, 2.75) is 24.7 Å². The van der Waals surface area contributed by atoms with Gasteiger partial charge in [-0.05, 0) is 24.5 Å². The van der Waals surface area contributed by atoms with Gasteiger partial charge in [-0.15, -0.1) is 0 Å². The van der Waals surface area contributed by atoms with Crippen LogP contribution in [0.4, 0.5) is 4.39 Å². The fourth-order valence-corrected chi connectivity index (χ4v) is 2.38. The summed E-state index contributed by atoms with van der Waals surface area (Å²) >= 11 is 0. The molecule has 1 fully saturated rings. The van der Waals surface area contributed by atoms with Crippen LogP contribution < -0.4 is 10.5 Å². The second-order valence-electron chi connectivity index (χ2n) is 4.49. The molecule has 0 atom stereocenters. The minimum Gasteiger partial charge on any atom is -0.493 e. The number of fused-ring (bicyclic) bond motifs is 1. The van der Waals surface area contributed by atoms with E-state index in [2.05, 4.69) is 0 Å². The number of rotatable bonds is 2. The number of ether oxygens (including phenoxy) is 1. The Kier molecular flexibility index (Phi) is 1.80. The molecule has 0 aromatic heterocycles. The van der Waals surface area contributed by atoms with Crippen LogP contribution in [-0.4, -0.2) is 13.2 Å². The van der Waals surface area contributed by atoms with Gasteiger partial charge in [-0.2, -0.15) is 0 Å². The highest BCUT2D eigenvalue weighted by atomic mass is 19.1. The van der Waals surface area contributed by atoms with Crippen LogP contribution in [0.25, 0.3) is 0 Å². The van der Waals surface area contributed by atoms with Crippen LogP contribution >= 0.6 is 0 Å². The highest BCUT2D eigenvalue weighted by Gasteiger charge is 2.45. The maximum Gasteiger partial charge on any atom is 0.134 e. The quantitative estimate of drug-likeness (QED) is 0.801. The number of nitrogens with two attached hydrogens (primary N) is 1. The summed E-state index contributed by atoms with van der Waals surface area (Å²) in [7, 11) is 0. The molecule has 3 heteroatoms. The van der Waals surface area contributed by atoms with E-state index in [-0.39, 0.29) is 11.2 Å². The van der Waals surface area contributed by atoms with Gasteiger partial charge in [0.1, 0.15) is 11.6 Å². The Morgan fingerprint density at radius 1 is 1.40 bits per heavy atom. The first-order valence-electron chi connectivity index (χ1n) is 5.41. The minimum absolute atomic E-state index is 0.0678. The topological polar surface area (TPSA) is 35.2 Å². The van der Waals surface area contributed by atoms with E-state index >= 15 is 0 Å². The molecule has 1 aliphatic carbocycles. The van der Waals surface area contributed by atoms with Gasteiger partial charge >= 0.3 is 0 Å². The van der Waals surface area contributed by atoms with E-state index in [1.165, 1.54) is 0 Å². The lowest BCUT2D eigenvalue weighted by atomic mass is 9.93. The molecule has 0 amide bonds. The van der Waals surface area contributed by atoms with Crippen LogP contribution in [0, 0.1) is 5.82 Å². The molecule has 1 aromatic rings. The molecule has 0 saturated heterocycles. The molecule has 3 rings (SSSR count). The van der Waals surface area contributed by atoms with Crippen LogP contribution in [0.2, 0.25) is 0 Å². The van der Waals surface area contributed by atoms with Crippen LogP contribution in [0.15, 0.2) is 12.1 Å². The monoisotopic (exact) mass is 207 g/mol. The molecule has 0 unspecified atom stereocenters. The van der Waals surface area contributed by atoms with Crippen molar-refractivity contribution < 1.29 is 9.13 Å². The van der Waals surface area contributed by atoms with Gasteiger partial charge in [0.25, 0.3) is 0 Å². The molecule has 0 spiro atoms. The van der Waals surface area contributed by atoms with Crippen LogP contribution in [0.3, 0.4) is 0 Å². The molecule has 80 valence electrons. The molecule has 0 radical (unpaired) electrons. The summed E-state index contributed by atoms with van der Waals surface area (Å²) in [5.41, 5.74) is 7.19. The second-order valence-corrected chi connectivity index (χ2v) is 4.49. The second kappa shape index (κ2) is 2.95. The van der Waals surface area contributed by atoms with Crippen molar-refractivity contribution in [2.24, 2.45) is 5.73 Å². The summed E-state index contributed by atoms with van der Waals surface area (Å²) in [6.07, 6.45) is 2.72. The molecular formula is C12H14FNO. The van der Waals surface area contributed by atoms with Gasteiger partial charge in [-0.25, -0.2) is 4.39 Å². The van der Waals surface area contributed by atoms with E-state index in [0.717, 1.165) is 24.0 Å². The fourth-order valence-electron chi connectivity index (χ4n) is 2.38. The number of hydrogen-bond donors (Lipinski definition) is 1. The third-order valence-electron chi connectivity index (χ3n) is 3.63. The van der Waals surface area contributed by atoms with Crippen LogP contribution in [0.5, 0.6) is 5.75 Å². The van der Waals surface area contributed by atoms with Gasteiger partial charge in [0.2, 0.25) is 0 Å². The van der Waals surface area contributed by atoms with E-state index in [1.807, 2.05) is 12.1 Å². The lowest BCUT2D eigenvalue weighted by molar-refractivity contribution is 0.356. The third kappa shape index (κ3) is 1.19. The Hall–Kier alpha value is -1.09. The van der Waals surface area contributed by atoms with E-state index < -0.39 is 0 Å². The van der Waals surface area contributed by atoms with Gasteiger partial charge in [0, 0.05) is 23.9 Å². The zero-order valence-electron chi connectivity index (χ0n) is 8.55. The number of halogens is 1. The molecule has 15 heavy (non-hydrogen) atoms. The average Bonchev–Trinajstić information content (AvgIpc) is 2.89. The molecule has 2 nitrogen and oxygen atoms in total. The van der Waals surface area contributed by atoms with Gasteiger partial charge in [-0.1, -0.05) is 6.07 Å². The van der Waals surface area contributed by atoms with Crippen LogP contribution in [0.1, 0.15) is 24.0 Å². The highest BCUT2D eigenvalue weighted by Crippen LogP contribution is 2.49. The number of benzene rings is 1. The fraction of sp³-hybridized carbons (Fsp3) is 0.500. The van der Waals surface area contributed by atoms with Gasteiger partial charge < -0.3 is 10.5 Å². The van der Waals surface area contributed by atoms with E-state index in [1.54, 1.807) is 0 Å². The van der Waals surface area contributed by atoms with Crippen molar-refractivity contribution in [2.75, 3.05) is 13.2 Å². The minimum atomic E-state index is -0.0760. The van der Waals surface area contributed by atoms with Gasteiger partial charge in [0.05, 0.1) is 6.61 Å². The van der Waals surface area contributed by atoms with Crippen molar-refractivity contribution in [3.63, 3.8) is 0 Å². The summed E-state index contributed by atoms with van der Waals surface area (Å²) < 4.78 is 19.5. The number of hydrogen-bond acceptors (Lipinski definition) is 2. The highest BCUT2D eigenvalue weighted by molar-refractivity contribution is 5.45. The summed E-state index contributed by atoms with van der Waals surface area (Å²) in [6, 6.07) is 3.73. The largest absolute Gasteiger partial charge is 0.493 e. The zero-order chi connectivity index (χ0) is 10.5. The summed E-state index contributed by atoms with van der Waals surface area (Å²) in [5.74, 6) is 0.636. The van der Waals surface area contributed by atoms with E-state index in [9.17, 15) is 4.39 Å². The lowest BCUT2D eigenvalue weighted by Gasteiger charge is -2.15. The molecule has 0 bridgehead atoms. The molecule has 1 aliphatic heterocycles. The van der Waals surface area contributed by atoms with Crippen molar-refractivity contribution in [3.05, 3.63) is 29.1 Å². The van der Waals surface area contributed by atoms with Crippen molar-refractivity contribution in [1.82, 2.24) is 0 Å². The van der Waals surface area contributed by atoms with E-state index in [4.69, 9.17) is 10.5 Å². The van der Waals surface area contributed by atoms with Gasteiger partial charge in [-0.3, -0.25) is 0 Å². The lowest BCUT2D eigenvalue weighted by Crippen LogP contribution is -2.21. The molecule has 1 saturated carbocycles. The predicted octanol–water partition coefficient (Wildman–Crippen LogP) is 1.75. The maximum absolute atomic E-state index is 14.2. The summed E-state index contributed by atoms with van der Waals surface area (Å²) in [6.45, 7) is 1.15. The Morgan fingerprint density at radius 3 is 2.87 bits per heavy atom. The predicted molar refractivity (Wildman–Crippen MR) is 55.6 cm³/mol. The Labute approximate surface area is 88.2 Å². The Bertz CT molecular complexity index is 412. The van der Waals surface area contributed by atoms with Gasteiger partial charge in [0.15, 0.2) is 0 Å². The van der Waals surface area contributed by atoms with Crippen molar-refractivity contribution in [1.29, 1.82) is 0 Å². The Balaban J connectivity index is 2.10. The first kappa shape index (κ1) is 9.16. The Morgan fingerprint density at radius 2 is 2.20 bits per heavy atom. The summed E-state index contributed by atoms with van der Waals surface area (Å²) in [5, 5.41) is 0. The molecule has 1 aromatic carbocycles. The molecule has 2 N–H and O–H groups in total. The maximum atomic E-state index is 14.2. The third-order valence-corrected chi connectivity index (χ3v) is 3.63. The summed E-state index contributed by atoms with van der Waals surface area (Å²) in [4.78, 5) is 0. The van der Waals surface area contributed by atoms with E-state index in [0.29, 0.717) is 25.3 Å². The normalized spacial score (nSPS) is 20.9.